The van der Waals surface area contributed by atoms with E-state index in [4.69, 9.17) is 5.84 Å². The molecule has 2 heteroatoms. The zero-order valence-corrected chi connectivity index (χ0v) is 10.3. The maximum absolute atomic E-state index is 5.65. The molecule has 2 rings (SSSR count). The molecule has 1 atom stereocenters. The van der Waals surface area contributed by atoms with Gasteiger partial charge in [-0.15, -0.1) is 0 Å². The summed E-state index contributed by atoms with van der Waals surface area (Å²) in [5.41, 5.74) is 7.35. The first-order valence-electron chi connectivity index (χ1n) is 6.28. The van der Waals surface area contributed by atoms with Gasteiger partial charge in [0.25, 0.3) is 0 Å². The molecule has 1 aliphatic carbocycles. The zero-order chi connectivity index (χ0) is 11.5. The average Bonchev–Trinajstić information content (AvgIpc) is 2.72. The first-order chi connectivity index (χ1) is 7.70. The highest BCUT2D eigenvalue weighted by Gasteiger charge is 2.16. The fourth-order valence-electron chi connectivity index (χ4n) is 2.58. The van der Waals surface area contributed by atoms with Crippen LogP contribution >= 0.6 is 0 Å². The van der Waals surface area contributed by atoms with Crippen molar-refractivity contribution in [2.45, 2.75) is 45.6 Å². The standard InChI is InChI=1S/C14H22N2/c1-10(2)8-14(16-15)13-7-6-11-4-3-5-12(11)9-13/h6-7,9-10,14,16H,3-5,8,15H2,1-2H3. The Morgan fingerprint density at radius 1 is 1.25 bits per heavy atom. The van der Waals surface area contributed by atoms with E-state index in [1.807, 2.05) is 0 Å². The van der Waals surface area contributed by atoms with E-state index in [0.29, 0.717) is 12.0 Å². The molecule has 1 aromatic rings. The van der Waals surface area contributed by atoms with Crippen LogP contribution in [0.1, 0.15) is 49.4 Å². The highest BCUT2D eigenvalue weighted by atomic mass is 15.2. The number of rotatable bonds is 4. The highest BCUT2D eigenvalue weighted by Crippen LogP contribution is 2.27. The van der Waals surface area contributed by atoms with Crippen LogP contribution in [0.5, 0.6) is 0 Å². The molecule has 3 N–H and O–H groups in total. The Hall–Kier alpha value is -0.860. The van der Waals surface area contributed by atoms with Gasteiger partial charge in [-0.05, 0) is 48.3 Å². The van der Waals surface area contributed by atoms with Crippen molar-refractivity contribution >= 4 is 0 Å². The summed E-state index contributed by atoms with van der Waals surface area (Å²) in [7, 11) is 0. The Morgan fingerprint density at radius 2 is 2.00 bits per heavy atom. The van der Waals surface area contributed by atoms with Crippen LogP contribution in [-0.4, -0.2) is 0 Å². The first-order valence-corrected chi connectivity index (χ1v) is 6.28. The molecular weight excluding hydrogens is 196 g/mol. The number of hydrogen-bond acceptors (Lipinski definition) is 2. The average molecular weight is 218 g/mol. The lowest BCUT2D eigenvalue weighted by Gasteiger charge is -2.19. The minimum atomic E-state index is 0.297. The summed E-state index contributed by atoms with van der Waals surface area (Å²) in [5.74, 6) is 6.31. The second-order valence-corrected chi connectivity index (χ2v) is 5.23. The van der Waals surface area contributed by atoms with E-state index in [1.165, 1.54) is 36.0 Å². The number of hydrogen-bond donors (Lipinski definition) is 2. The molecule has 0 saturated heterocycles. The second kappa shape index (κ2) is 4.98. The van der Waals surface area contributed by atoms with E-state index < -0.39 is 0 Å². The Morgan fingerprint density at radius 3 is 2.69 bits per heavy atom. The lowest BCUT2D eigenvalue weighted by Crippen LogP contribution is -2.29. The van der Waals surface area contributed by atoms with Crippen LogP contribution in [0.2, 0.25) is 0 Å². The number of nitrogens with one attached hydrogen (secondary N) is 1. The number of fused-ring (bicyclic) bond motifs is 1. The van der Waals surface area contributed by atoms with Gasteiger partial charge in [0.2, 0.25) is 0 Å². The zero-order valence-electron chi connectivity index (χ0n) is 10.3. The Labute approximate surface area is 98.2 Å². The van der Waals surface area contributed by atoms with Gasteiger partial charge < -0.3 is 0 Å². The van der Waals surface area contributed by atoms with Crippen LogP contribution in [0.4, 0.5) is 0 Å². The van der Waals surface area contributed by atoms with E-state index in [1.54, 1.807) is 0 Å². The maximum Gasteiger partial charge on any atom is 0.0462 e. The van der Waals surface area contributed by atoms with Crippen LogP contribution in [0.15, 0.2) is 18.2 Å². The van der Waals surface area contributed by atoms with Gasteiger partial charge >= 0.3 is 0 Å². The summed E-state index contributed by atoms with van der Waals surface area (Å²) >= 11 is 0. The largest absolute Gasteiger partial charge is 0.271 e. The Bertz CT molecular complexity index is 358. The van der Waals surface area contributed by atoms with Gasteiger partial charge in [0, 0.05) is 6.04 Å². The van der Waals surface area contributed by atoms with Crippen molar-refractivity contribution in [1.29, 1.82) is 0 Å². The molecule has 1 aliphatic rings. The molecule has 1 unspecified atom stereocenters. The number of aryl methyl sites for hydroxylation is 2. The number of benzene rings is 1. The lowest BCUT2D eigenvalue weighted by atomic mass is 9.95. The maximum atomic E-state index is 5.65. The van der Waals surface area contributed by atoms with Gasteiger partial charge in [0.15, 0.2) is 0 Å². The summed E-state index contributed by atoms with van der Waals surface area (Å²) < 4.78 is 0. The van der Waals surface area contributed by atoms with Gasteiger partial charge in [-0.1, -0.05) is 32.0 Å². The fraction of sp³-hybridized carbons (Fsp3) is 0.571. The molecule has 0 aromatic heterocycles. The smallest absolute Gasteiger partial charge is 0.0462 e. The van der Waals surface area contributed by atoms with Crippen molar-refractivity contribution in [3.8, 4) is 0 Å². The third-order valence-electron chi connectivity index (χ3n) is 3.43. The van der Waals surface area contributed by atoms with E-state index >= 15 is 0 Å². The number of nitrogens with two attached hydrogens (primary N) is 1. The third-order valence-corrected chi connectivity index (χ3v) is 3.43. The summed E-state index contributed by atoms with van der Waals surface area (Å²) in [6.45, 7) is 4.47. The van der Waals surface area contributed by atoms with Gasteiger partial charge in [-0.3, -0.25) is 11.3 Å². The van der Waals surface area contributed by atoms with Crippen molar-refractivity contribution in [2.24, 2.45) is 11.8 Å². The van der Waals surface area contributed by atoms with Crippen LogP contribution in [0, 0.1) is 5.92 Å². The Balaban J connectivity index is 2.18. The molecule has 16 heavy (non-hydrogen) atoms. The van der Waals surface area contributed by atoms with Gasteiger partial charge in [0.1, 0.15) is 0 Å². The van der Waals surface area contributed by atoms with Gasteiger partial charge in [-0.25, -0.2) is 0 Å². The van der Waals surface area contributed by atoms with E-state index in [-0.39, 0.29) is 0 Å². The SMILES string of the molecule is CC(C)CC(NN)c1ccc2c(c1)CCC2. The molecule has 0 bridgehead atoms. The molecule has 1 aromatic carbocycles. The summed E-state index contributed by atoms with van der Waals surface area (Å²) in [6, 6.07) is 7.15. The molecular formula is C14H22N2. The van der Waals surface area contributed by atoms with Crippen molar-refractivity contribution in [3.63, 3.8) is 0 Å². The van der Waals surface area contributed by atoms with Gasteiger partial charge in [0.05, 0.1) is 0 Å². The predicted octanol–water partition coefficient (Wildman–Crippen LogP) is 2.73. The molecule has 88 valence electrons. The molecule has 0 aliphatic heterocycles. The molecule has 0 amide bonds. The molecule has 0 spiro atoms. The quantitative estimate of drug-likeness (QED) is 0.602. The van der Waals surface area contributed by atoms with Crippen molar-refractivity contribution in [1.82, 2.24) is 5.43 Å². The third kappa shape index (κ3) is 2.45. The molecule has 0 radical (unpaired) electrons. The van der Waals surface area contributed by atoms with E-state index in [2.05, 4.69) is 37.5 Å². The minimum absolute atomic E-state index is 0.297. The molecule has 0 heterocycles. The summed E-state index contributed by atoms with van der Waals surface area (Å²) in [5, 5.41) is 0. The summed E-state index contributed by atoms with van der Waals surface area (Å²) in [4.78, 5) is 0. The van der Waals surface area contributed by atoms with E-state index in [0.717, 1.165) is 6.42 Å². The van der Waals surface area contributed by atoms with Crippen molar-refractivity contribution in [3.05, 3.63) is 34.9 Å². The van der Waals surface area contributed by atoms with Crippen LogP contribution in [0.25, 0.3) is 0 Å². The minimum Gasteiger partial charge on any atom is -0.271 e. The monoisotopic (exact) mass is 218 g/mol. The molecule has 2 nitrogen and oxygen atoms in total. The molecule has 0 saturated carbocycles. The van der Waals surface area contributed by atoms with Crippen LogP contribution in [-0.2, 0) is 12.8 Å². The van der Waals surface area contributed by atoms with Gasteiger partial charge in [-0.2, -0.15) is 0 Å². The topological polar surface area (TPSA) is 38.0 Å². The summed E-state index contributed by atoms with van der Waals surface area (Å²) in [6.07, 6.45) is 4.89. The Kier molecular flexibility index (Phi) is 3.62. The molecule has 0 fully saturated rings. The van der Waals surface area contributed by atoms with Crippen molar-refractivity contribution in [2.75, 3.05) is 0 Å². The fourth-order valence-corrected chi connectivity index (χ4v) is 2.58. The predicted molar refractivity (Wildman–Crippen MR) is 68.0 cm³/mol. The highest BCUT2D eigenvalue weighted by molar-refractivity contribution is 5.36. The number of hydrazine groups is 1. The normalized spacial score (nSPS) is 16.5. The second-order valence-electron chi connectivity index (χ2n) is 5.23. The van der Waals surface area contributed by atoms with E-state index in [9.17, 15) is 0 Å². The lowest BCUT2D eigenvalue weighted by molar-refractivity contribution is 0.438. The van der Waals surface area contributed by atoms with Crippen molar-refractivity contribution < 1.29 is 0 Å². The van der Waals surface area contributed by atoms with Crippen LogP contribution in [0.3, 0.4) is 0 Å². The first kappa shape index (κ1) is 11.6. The van der Waals surface area contributed by atoms with Crippen LogP contribution < -0.4 is 11.3 Å².